The zero-order chi connectivity index (χ0) is 20.1. The average Bonchev–Trinajstić information content (AvgIpc) is 2.69. The number of benzene rings is 2. The highest BCUT2D eigenvalue weighted by Crippen LogP contribution is 2.32. The number of nitrogens with zero attached hydrogens (tertiary/aromatic N) is 2. The predicted molar refractivity (Wildman–Crippen MR) is 109 cm³/mol. The zero-order valence-corrected chi connectivity index (χ0v) is 16.9. The summed E-state index contributed by atoms with van der Waals surface area (Å²) in [6, 6.07) is 15.7. The molecule has 1 heterocycles. The summed E-state index contributed by atoms with van der Waals surface area (Å²) in [6.07, 6.45) is 1.13. The quantitative estimate of drug-likeness (QED) is 0.770. The first-order chi connectivity index (χ1) is 13.5. The molecule has 148 valence electrons. The monoisotopic (exact) mass is 380 g/mol. The molecule has 0 bridgehead atoms. The van der Waals surface area contributed by atoms with Gasteiger partial charge in [-0.2, -0.15) is 0 Å². The number of fused-ring (bicyclic) bond motifs is 1. The van der Waals surface area contributed by atoms with Crippen molar-refractivity contribution < 1.29 is 14.3 Å². The number of ether oxygens (including phenoxy) is 1. The van der Waals surface area contributed by atoms with Gasteiger partial charge in [-0.15, -0.1) is 0 Å². The minimum atomic E-state index is -0.197. The molecule has 28 heavy (non-hydrogen) atoms. The van der Waals surface area contributed by atoms with Gasteiger partial charge in [0.25, 0.3) is 0 Å². The van der Waals surface area contributed by atoms with Crippen LogP contribution in [0, 0.1) is 0 Å². The van der Waals surface area contributed by atoms with E-state index in [-0.39, 0.29) is 17.9 Å². The average molecular weight is 380 g/mol. The third-order valence-corrected chi connectivity index (χ3v) is 5.26. The first-order valence-corrected chi connectivity index (χ1v) is 9.80. The van der Waals surface area contributed by atoms with Crippen LogP contribution in [0.25, 0.3) is 0 Å². The fraction of sp³-hybridized carbons (Fsp3) is 0.391. The van der Waals surface area contributed by atoms with Crippen molar-refractivity contribution >= 4 is 11.8 Å². The lowest BCUT2D eigenvalue weighted by Gasteiger charge is -2.37. The maximum absolute atomic E-state index is 12.9. The second-order valence-corrected chi connectivity index (χ2v) is 7.21. The SMILES string of the molecule is CCOc1ccc(CN(C)C(=O)CC2c3ccccc3CCN2C(C)=O)cc1. The van der Waals surface area contributed by atoms with E-state index in [0.717, 1.165) is 23.3 Å². The molecule has 1 unspecified atom stereocenters. The van der Waals surface area contributed by atoms with Crippen molar-refractivity contribution in [1.29, 1.82) is 0 Å². The van der Waals surface area contributed by atoms with E-state index in [2.05, 4.69) is 6.07 Å². The Kier molecular flexibility index (Phi) is 6.34. The fourth-order valence-corrected chi connectivity index (χ4v) is 3.79. The molecule has 1 aliphatic rings. The minimum Gasteiger partial charge on any atom is -0.494 e. The smallest absolute Gasteiger partial charge is 0.225 e. The first-order valence-electron chi connectivity index (χ1n) is 9.80. The summed E-state index contributed by atoms with van der Waals surface area (Å²) < 4.78 is 5.46. The standard InChI is InChI=1S/C23H28N2O3/c1-4-28-20-11-9-18(10-12-20)16-24(3)23(27)15-22-21-8-6-5-7-19(21)13-14-25(22)17(2)26/h5-12,22H,4,13-16H2,1-3H3. The van der Waals surface area contributed by atoms with Crippen LogP contribution in [0.2, 0.25) is 0 Å². The highest BCUT2D eigenvalue weighted by atomic mass is 16.5. The number of amides is 2. The van der Waals surface area contributed by atoms with Crippen LogP contribution in [0.15, 0.2) is 48.5 Å². The van der Waals surface area contributed by atoms with Gasteiger partial charge in [0.1, 0.15) is 5.75 Å². The Morgan fingerprint density at radius 3 is 2.54 bits per heavy atom. The normalized spacial score (nSPS) is 15.7. The van der Waals surface area contributed by atoms with E-state index in [1.54, 1.807) is 11.8 Å². The summed E-state index contributed by atoms with van der Waals surface area (Å²) in [5.41, 5.74) is 3.37. The summed E-state index contributed by atoms with van der Waals surface area (Å²) in [6.45, 7) is 5.35. The summed E-state index contributed by atoms with van der Waals surface area (Å²) in [5.74, 6) is 0.874. The van der Waals surface area contributed by atoms with Gasteiger partial charge in [0.05, 0.1) is 19.1 Å². The van der Waals surface area contributed by atoms with Crippen LogP contribution in [0.5, 0.6) is 5.75 Å². The van der Waals surface area contributed by atoms with Crippen molar-refractivity contribution in [3.05, 3.63) is 65.2 Å². The van der Waals surface area contributed by atoms with Crippen molar-refractivity contribution in [1.82, 2.24) is 9.80 Å². The number of rotatable bonds is 6. The van der Waals surface area contributed by atoms with E-state index in [1.807, 2.05) is 61.3 Å². The molecule has 0 radical (unpaired) electrons. The van der Waals surface area contributed by atoms with Crippen molar-refractivity contribution in [2.45, 2.75) is 39.3 Å². The van der Waals surface area contributed by atoms with Gasteiger partial charge in [-0.25, -0.2) is 0 Å². The molecule has 2 aromatic rings. The molecule has 1 atom stereocenters. The van der Waals surface area contributed by atoms with Gasteiger partial charge in [0.15, 0.2) is 0 Å². The molecule has 1 aliphatic heterocycles. The molecule has 5 heteroatoms. The van der Waals surface area contributed by atoms with E-state index in [4.69, 9.17) is 4.74 Å². The fourth-order valence-electron chi connectivity index (χ4n) is 3.79. The van der Waals surface area contributed by atoms with Crippen LogP contribution in [-0.4, -0.2) is 41.8 Å². The minimum absolute atomic E-state index is 0.0152. The molecule has 3 rings (SSSR count). The van der Waals surface area contributed by atoms with Crippen LogP contribution in [-0.2, 0) is 22.6 Å². The molecule has 2 amide bonds. The van der Waals surface area contributed by atoms with Crippen molar-refractivity contribution in [2.24, 2.45) is 0 Å². The van der Waals surface area contributed by atoms with Gasteiger partial charge >= 0.3 is 0 Å². The Morgan fingerprint density at radius 1 is 1.14 bits per heavy atom. The molecular formula is C23H28N2O3. The third kappa shape index (κ3) is 4.53. The van der Waals surface area contributed by atoms with Gasteiger partial charge in [0, 0.05) is 27.1 Å². The van der Waals surface area contributed by atoms with Crippen LogP contribution < -0.4 is 4.74 Å². The van der Waals surface area contributed by atoms with E-state index in [1.165, 1.54) is 5.56 Å². The highest BCUT2D eigenvalue weighted by Gasteiger charge is 2.31. The summed E-state index contributed by atoms with van der Waals surface area (Å²) in [4.78, 5) is 28.6. The molecule has 0 aliphatic carbocycles. The van der Waals surface area contributed by atoms with Crippen LogP contribution in [0.3, 0.4) is 0 Å². The maximum atomic E-state index is 12.9. The lowest BCUT2D eigenvalue weighted by molar-refractivity contribution is -0.136. The molecular weight excluding hydrogens is 352 g/mol. The Bertz CT molecular complexity index is 832. The van der Waals surface area contributed by atoms with Gasteiger partial charge in [-0.1, -0.05) is 36.4 Å². The van der Waals surface area contributed by atoms with E-state index < -0.39 is 0 Å². The summed E-state index contributed by atoms with van der Waals surface area (Å²) in [7, 11) is 1.81. The van der Waals surface area contributed by atoms with Crippen LogP contribution >= 0.6 is 0 Å². The van der Waals surface area contributed by atoms with E-state index in [0.29, 0.717) is 26.1 Å². The summed E-state index contributed by atoms with van der Waals surface area (Å²) in [5, 5.41) is 0. The second kappa shape index (κ2) is 8.91. The van der Waals surface area contributed by atoms with E-state index in [9.17, 15) is 9.59 Å². The Hall–Kier alpha value is -2.82. The lowest BCUT2D eigenvalue weighted by Crippen LogP contribution is -2.41. The number of hydrogen-bond acceptors (Lipinski definition) is 3. The summed E-state index contributed by atoms with van der Waals surface area (Å²) >= 11 is 0. The zero-order valence-electron chi connectivity index (χ0n) is 16.9. The third-order valence-electron chi connectivity index (χ3n) is 5.26. The molecule has 5 nitrogen and oxygen atoms in total. The number of hydrogen-bond donors (Lipinski definition) is 0. The Morgan fingerprint density at radius 2 is 1.86 bits per heavy atom. The van der Waals surface area contributed by atoms with Crippen molar-refractivity contribution in [3.63, 3.8) is 0 Å². The van der Waals surface area contributed by atoms with Gasteiger partial charge in [-0.3, -0.25) is 9.59 Å². The topological polar surface area (TPSA) is 49.9 Å². The Balaban J connectivity index is 1.70. The molecule has 0 saturated carbocycles. The maximum Gasteiger partial charge on any atom is 0.225 e. The molecule has 2 aromatic carbocycles. The van der Waals surface area contributed by atoms with Crippen molar-refractivity contribution in [2.75, 3.05) is 20.2 Å². The number of carbonyl (C=O) groups excluding carboxylic acids is 2. The number of carbonyl (C=O) groups is 2. The first kappa shape index (κ1) is 19.9. The highest BCUT2D eigenvalue weighted by molar-refractivity contribution is 5.79. The van der Waals surface area contributed by atoms with Gasteiger partial charge in [0.2, 0.25) is 11.8 Å². The van der Waals surface area contributed by atoms with Crippen LogP contribution in [0.4, 0.5) is 0 Å². The molecule has 0 aromatic heterocycles. The van der Waals surface area contributed by atoms with E-state index >= 15 is 0 Å². The molecule has 0 N–H and O–H groups in total. The lowest BCUT2D eigenvalue weighted by atomic mass is 9.90. The predicted octanol–water partition coefficient (Wildman–Crippen LogP) is 3.58. The van der Waals surface area contributed by atoms with Gasteiger partial charge < -0.3 is 14.5 Å². The Labute approximate surface area is 166 Å². The van der Waals surface area contributed by atoms with Crippen molar-refractivity contribution in [3.8, 4) is 5.75 Å². The molecule has 0 spiro atoms. The molecule has 0 fully saturated rings. The van der Waals surface area contributed by atoms with Gasteiger partial charge in [-0.05, 0) is 42.2 Å². The second-order valence-electron chi connectivity index (χ2n) is 7.21. The van der Waals surface area contributed by atoms with Crippen LogP contribution in [0.1, 0.15) is 43.0 Å². The largest absolute Gasteiger partial charge is 0.494 e. The molecule has 0 saturated heterocycles.